The van der Waals surface area contributed by atoms with E-state index in [9.17, 15) is 0 Å². The molecule has 1 atom stereocenters. The lowest BCUT2D eigenvalue weighted by Crippen LogP contribution is -2.32. The minimum Gasteiger partial charge on any atom is -0.239 e. The number of nitriles is 1. The van der Waals surface area contributed by atoms with Crippen molar-refractivity contribution in [3.63, 3.8) is 0 Å². The van der Waals surface area contributed by atoms with E-state index in [2.05, 4.69) is 56.3 Å². The van der Waals surface area contributed by atoms with Gasteiger partial charge in [0.1, 0.15) is 0 Å². The van der Waals surface area contributed by atoms with Crippen LogP contribution >= 0.6 is 22.9 Å². The standard InChI is InChI=1S/C11H11IN2/c12-14-8-10-4-2-1-3-9(10)7-11(14)5-6-13/h1-4,11H,5,7-8H2. The Balaban J connectivity index is 2.23. The summed E-state index contributed by atoms with van der Waals surface area (Å²) in [5.74, 6) is 0. The van der Waals surface area contributed by atoms with Crippen LogP contribution in [0.25, 0.3) is 0 Å². The minimum absolute atomic E-state index is 0.385. The molecule has 0 fully saturated rings. The first-order chi connectivity index (χ1) is 6.81. The zero-order chi connectivity index (χ0) is 9.97. The number of benzene rings is 1. The highest BCUT2D eigenvalue weighted by molar-refractivity contribution is 14.1. The number of hydrogen-bond donors (Lipinski definition) is 0. The molecule has 3 heteroatoms. The summed E-state index contributed by atoms with van der Waals surface area (Å²) in [6.07, 6.45) is 1.63. The summed E-state index contributed by atoms with van der Waals surface area (Å²) >= 11 is 2.32. The van der Waals surface area contributed by atoms with Crippen molar-refractivity contribution in [2.45, 2.75) is 25.4 Å². The average Bonchev–Trinajstić information content (AvgIpc) is 2.19. The van der Waals surface area contributed by atoms with Gasteiger partial charge in [-0.25, -0.2) is 3.11 Å². The molecule has 1 aromatic rings. The summed E-state index contributed by atoms with van der Waals surface area (Å²) in [5.41, 5.74) is 2.80. The summed E-state index contributed by atoms with van der Waals surface area (Å²) in [6.45, 7) is 0.961. The lowest BCUT2D eigenvalue weighted by molar-refractivity contribution is 0.354. The molecule has 0 saturated carbocycles. The van der Waals surface area contributed by atoms with E-state index in [4.69, 9.17) is 5.26 Å². The molecule has 0 aromatic heterocycles. The number of hydrogen-bond acceptors (Lipinski definition) is 2. The molecule has 72 valence electrons. The van der Waals surface area contributed by atoms with Crippen molar-refractivity contribution < 1.29 is 0 Å². The lowest BCUT2D eigenvalue weighted by Gasteiger charge is -2.30. The van der Waals surface area contributed by atoms with Crippen molar-refractivity contribution in [3.05, 3.63) is 35.4 Å². The van der Waals surface area contributed by atoms with E-state index in [0.717, 1.165) is 13.0 Å². The second-order valence-electron chi connectivity index (χ2n) is 3.55. The maximum atomic E-state index is 8.70. The summed E-state index contributed by atoms with van der Waals surface area (Å²) in [5, 5.41) is 8.70. The van der Waals surface area contributed by atoms with Crippen molar-refractivity contribution in [3.8, 4) is 6.07 Å². The van der Waals surface area contributed by atoms with E-state index in [1.54, 1.807) is 0 Å². The van der Waals surface area contributed by atoms with Crippen LogP contribution in [0.15, 0.2) is 24.3 Å². The maximum absolute atomic E-state index is 8.70. The summed E-state index contributed by atoms with van der Waals surface area (Å²) in [6, 6.07) is 11.1. The highest BCUT2D eigenvalue weighted by atomic mass is 127. The first-order valence-corrected chi connectivity index (χ1v) is 5.64. The topological polar surface area (TPSA) is 27.0 Å². The molecule has 0 spiro atoms. The predicted molar refractivity (Wildman–Crippen MR) is 63.7 cm³/mol. The van der Waals surface area contributed by atoms with E-state index >= 15 is 0 Å². The van der Waals surface area contributed by atoms with Crippen molar-refractivity contribution in [2.24, 2.45) is 0 Å². The van der Waals surface area contributed by atoms with Crippen LogP contribution in [0.1, 0.15) is 17.5 Å². The van der Waals surface area contributed by atoms with Crippen molar-refractivity contribution >= 4 is 22.9 Å². The van der Waals surface area contributed by atoms with Crippen LogP contribution in [0.4, 0.5) is 0 Å². The van der Waals surface area contributed by atoms with Crippen LogP contribution in [-0.2, 0) is 13.0 Å². The third-order valence-corrected chi connectivity index (χ3v) is 3.75. The van der Waals surface area contributed by atoms with Crippen LogP contribution in [0, 0.1) is 11.3 Å². The number of rotatable bonds is 1. The molecule has 0 N–H and O–H groups in total. The number of fused-ring (bicyclic) bond motifs is 1. The Morgan fingerprint density at radius 1 is 1.43 bits per heavy atom. The van der Waals surface area contributed by atoms with Gasteiger partial charge >= 0.3 is 0 Å². The molecular weight excluding hydrogens is 287 g/mol. The predicted octanol–water partition coefficient (Wildman–Crippen LogP) is 2.68. The summed E-state index contributed by atoms with van der Waals surface area (Å²) in [7, 11) is 0. The molecule has 0 aliphatic carbocycles. The van der Waals surface area contributed by atoms with Crippen LogP contribution in [0.3, 0.4) is 0 Å². The molecule has 1 unspecified atom stereocenters. The second-order valence-corrected chi connectivity index (χ2v) is 4.79. The van der Waals surface area contributed by atoms with Crippen LogP contribution in [-0.4, -0.2) is 9.16 Å². The Morgan fingerprint density at radius 2 is 2.14 bits per heavy atom. The minimum atomic E-state index is 0.385. The van der Waals surface area contributed by atoms with Gasteiger partial charge in [-0.15, -0.1) is 0 Å². The first-order valence-electron chi connectivity index (χ1n) is 4.67. The lowest BCUT2D eigenvalue weighted by atomic mass is 9.95. The zero-order valence-corrected chi connectivity index (χ0v) is 9.94. The van der Waals surface area contributed by atoms with Gasteiger partial charge in [0, 0.05) is 35.5 Å². The van der Waals surface area contributed by atoms with Gasteiger partial charge in [0.25, 0.3) is 0 Å². The fraction of sp³-hybridized carbons (Fsp3) is 0.364. The number of nitrogens with zero attached hydrogens (tertiary/aromatic N) is 2. The monoisotopic (exact) mass is 298 g/mol. The molecule has 0 amide bonds. The Morgan fingerprint density at radius 3 is 2.86 bits per heavy atom. The van der Waals surface area contributed by atoms with Gasteiger partial charge in [-0.1, -0.05) is 24.3 Å². The van der Waals surface area contributed by atoms with Crippen LogP contribution < -0.4 is 0 Å². The molecule has 0 radical (unpaired) electrons. The highest BCUT2D eigenvalue weighted by Crippen LogP contribution is 2.27. The Hall–Kier alpha value is -0.600. The van der Waals surface area contributed by atoms with Gasteiger partial charge < -0.3 is 0 Å². The van der Waals surface area contributed by atoms with E-state index < -0.39 is 0 Å². The van der Waals surface area contributed by atoms with Crippen molar-refractivity contribution in [1.29, 1.82) is 5.26 Å². The summed E-state index contributed by atoms with van der Waals surface area (Å²) in [4.78, 5) is 0. The molecule has 0 saturated heterocycles. The Kier molecular flexibility index (Phi) is 3.04. The largest absolute Gasteiger partial charge is 0.239 e. The smallest absolute Gasteiger partial charge is 0.0638 e. The highest BCUT2D eigenvalue weighted by Gasteiger charge is 2.23. The molecule has 2 nitrogen and oxygen atoms in total. The normalized spacial score (nSPS) is 21.3. The average molecular weight is 298 g/mol. The Bertz CT molecular complexity index is 370. The third kappa shape index (κ3) is 1.91. The third-order valence-electron chi connectivity index (χ3n) is 2.62. The van der Waals surface area contributed by atoms with E-state index in [1.807, 2.05) is 0 Å². The van der Waals surface area contributed by atoms with E-state index in [0.29, 0.717) is 12.5 Å². The molecule has 1 heterocycles. The van der Waals surface area contributed by atoms with Crippen molar-refractivity contribution in [1.82, 2.24) is 3.11 Å². The van der Waals surface area contributed by atoms with Gasteiger partial charge in [-0.3, -0.25) is 0 Å². The van der Waals surface area contributed by atoms with Crippen LogP contribution in [0.5, 0.6) is 0 Å². The summed E-state index contributed by atoms with van der Waals surface area (Å²) < 4.78 is 2.24. The Labute approximate surface area is 98.0 Å². The van der Waals surface area contributed by atoms with Gasteiger partial charge in [0.05, 0.1) is 12.5 Å². The first kappa shape index (κ1) is 9.94. The molecule has 2 rings (SSSR count). The fourth-order valence-electron chi connectivity index (χ4n) is 1.83. The SMILES string of the molecule is N#CCC1Cc2ccccc2CN1I. The molecule has 1 aliphatic rings. The molecule has 1 aliphatic heterocycles. The molecule has 14 heavy (non-hydrogen) atoms. The van der Waals surface area contributed by atoms with Gasteiger partial charge in [-0.2, -0.15) is 5.26 Å². The number of halogens is 1. The van der Waals surface area contributed by atoms with Crippen LogP contribution in [0.2, 0.25) is 0 Å². The van der Waals surface area contributed by atoms with Gasteiger partial charge in [-0.05, 0) is 17.5 Å². The maximum Gasteiger partial charge on any atom is 0.0638 e. The van der Waals surface area contributed by atoms with Gasteiger partial charge in [0.2, 0.25) is 0 Å². The molecule has 1 aromatic carbocycles. The fourth-order valence-corrected chi connectivity index (χ4v) is 2.59. The molecular formula is C11H11IN2. The van der Waals surface area contributed by atoms with E-state index in [-0.39, 0.29) is 0 Å². The van der Waals surface area contributed by atoms with E-state index in [1.165, 1.54) is 11.1 Å². The second kappa shape index (κ2) is 4.28. The quantitative estimate of drug-likeness (QED) is 0.589. The van der Waals surface area contributed by atoms with Crippen molar-refractivity contribution in [2.75, 3.05) is 0 Å². The zero-order valence-electron chi connectivity index (χ0n) is 7.78. The molecule has 0 bridgehead atoms. The van der Waals surface area contributed by atoms with Gasteiger partial charge in [0.15, 0.2) is 0 Å².